The molecule has 1 N–H and O–H groups in total. The fourth-order valence-corrected chi connectivity index (χ4v) is 5.70. The zero-order valence-electron chi connectivity index (χ0n) is 25.0. The van der Waals surface area contributed by atoms with E-state index in [0.717, 1.165) is 47.9 Å². The third-order valence-corrected chi connectivity index (χ3v) is 8.92. The number of hydrogen-bond acceptors (Lipinski definition) is 6. The summed E-state index contributed by atoms with van der Waals surface area (Å²) in [6.45, 7) is 4.50. The van der Waals surface area contributed by atoms with Gasteiger partial charge in [-0.25, -0.2) is 0 Å². The van der Waals surface area contributed by atoms with E-state index in [-0.39, 0.29) is 23.2 Å². The summed E-state index contributed by atoms with van der Waals surface area (Å²) in [5.41, 5.74) is 5.74. The first kappa shape index (κ1) is 31.2. The van der Waals surface area contributed by atoms with Gasteiger partial charge < -0.3 is 10.1 Å². The third-order valence-electron chi connectivity index (χ3n) is 7.59. The van der Waals surface area contributed by atoms with Gasteiger partial charge in [-0.1, -0.05) is 48.0 Å². The Labute approximate surface area is 259 Å². The van der Waals surface area contributed by atoms with Crippen molar-refractivity contribution in [2.24, 2.45) is 0 Å². The van der Waals surface area contributed by atoms with Crippen LogP contribution in [-0.2, 0) is 14.3 Å². The van der Waals surface area contributed by atoms with Crippen LogP contribution in [0.4, 0.5) is 0 Å². The van der Waals surface area contributed by atoms with Crippen molar-refractivity contribution in [3.05, 3.63) is 119 Å². The third kappa shape index (κ3) is 8.21. The summed E-state index contributed by atoms with van der Waals surface area (Å²) in [6.07, 6.45) is 4.18. The van der Waals surface area contributed by atoms with E-state index in [0.29, 0.717) is 41.5 Å². The number of hydrogen-bond donors (Lipinski definition) is 1. The maximum Gasteiger partial charge on any atom is 0.296 e. The van der Waals surface area contributed by atoms with E-state index in [1.165, 1.54) is 0 Å². The van der Waals surface area contributed by atoms with Crippen LogP contribution < -0.4 is 10.1 Å². The topological polar surface area (TPSA) is 98.8 Å². The predicted molar refractivity (Wildman–Crippen MR) is 171 cm³/mol. The Morgan fingerprint density at radius 1 is 0.750 bits per heavy atom. The summed E-state index contributed by atoms with van der Waals surface area (Å²) in [7, 11) is -3.74. The molecule has 4 aromatic carbocycles. The Balaban J connectivity index is 1.07. The molecular weight excluding hydrogens is 574 g/mol. The van der Waals surface area contributed by atoms with Gasteiger partial charge in [0.25, 0.3) is 16.0 Å². The van der Waals surface area contributed by atoms with Crippen molar-refractivity contribution in [3.63, 3.8) is 0 Å². The van der Waals surface area contributed by atoms with Crippen LogP contribution in [0.2, 0.25) is 0 Å². The molecule has 8 heteroatoms. The fraction of sp³-hybridized carbons (Fsp3) is 0.278. The van der Waals surface area contributed by atoms with Crippen molar-refractivity contribution in [3.8, 4) is 16.9 Å². The summed E-state index contributed by atoms with van der Waals surface area (Å²) >= 11 is 0. The highest BCUT2D eigenvalue weighted by molar-refractivity contribution is 7.86. The van der Waals surface area contributed by atoms with Gasteiger partial charge in [-0.15, -0.1) is 0 Å². The zero-order chi connectivity index (χ0) is 31.1. The normalized spacial score (nSPS) is 13.0. The van der Waals surface area contributed by atoms with E-state index in [4.69, 9.17) is 8.92 Å². The molecule has 1 aliphatic rings. The lowest BCUT2D eigenvalue weighted by molar-refractivity contribution is 0.0950. The number of rotatable bonds is 14. The molecule has 228 valence electrons. The lowest BCUT2D eigenvalue weighted by Gasteiger charge is -2.11. The van der Waals surface area contributed by atoms with E-state index in [2.05, 4.69) is 5.32 Å². The number of amides is 1. The molecule has 1 fully saturated rings. The van der Waals surface area contributed by atoms with Crippen LogP contribution in [-0.4, -0.2) is 39.4 Å². The van der Waals surface area contributed by atoms with Crippen molar-refractivity contribution in [2.75, 3.05) is 13.2 Å². The number of nitrogens with one attached hydrogen (secondary N) is 1. The van der Waals surface area contributed by atoms with E-state index in [1.807, 2.05) is 56.3 Å². The van der Waals surface area contributed by atoms with Crippen molar-refractivity contribution < 1.29 is 26.9 Å². The van der Waals surface area contributed by atoms with E-state index in [1.54, 1.807) is 48.5 Å². The molecule has 0 heterocycles. The fourth-order valence-electron chi connectivity index (χ4n) is 4.75. The van der Waals surface area contributed by atoms with Crippen molar-refractivity contribution in [1.82, 2.24) is 5.32 Å². The first-order valence-corrected chi connectivity index (χ1v) is 16.4. The van der Waals surface area contributed by atoms with Gasteiger partial charge >= 0.3 is 0 Å². The standard InChI is InChI=1S/C36H37NO6S/c1-25-6-20-33(21-7-25)44(40,41)43-23-5-3-4-22-42-32-18-14-29(15-19-32)35(38)28-12-10-27(11-13-28)34-24-30(9-8-26(34)2)36(39)37-31-16-17-31/h6-15,18-21,24,31H,3-5,16-17,22-23H2,1-2H3,(H,37,39). The molecule has 0 radical (unpaired) electrons. The van der Waals surface area contributed by atoms with E-state index < -0.39 is 10.1 Å². The maximum atomic E-state index is 13.1. The molecule has 0 unspecified atom stereocenters. The highest BCUT2D eigenvalue weighted by Crippen LogP contribution is 2.27. The van der Waals surface area contributed by atoms with Crippen LogP contribution in [0.3, 0.4) is 0 Å². The van der Waals surface area contributed by atoms with Crippen molar-refractivity contribution >= 4 is 21.8 Å². The minimum atomic E-state index is -3.74. The number of ketones is 1. The molecule has 0 aromatic heterocycles. The first-order valence-electron chi connectivity index (χ1n) is 15.0. The van der Waals surface area contributed by atoms with Crippen LogP contribution in [0.15, 0.2) is 95.9 Å². The molecule has 0 spiro atoms. The van der Waals surface area contributed by atoms with Gasteiger partial charge in [-0.05, 0) is 111 Å². The number of benzene rings is 4. The van der Waals surface area contributed by atoms with Gasteiger partial charge in [0, 0.05) is 22.7 Å². The van der Waals surface area contributed by atoms with Crippen molar-refractivity contribution in [1.29, 1.82) is 0 Å². The molecular formula is C36H37NO6S. The molecule has 44 heavy (non-hydrogen) atoms. The Hall–Kier alpha value is -4.27. The number of carbonyl (C=O) groups is 2. The molecule has 1 aliphatic carbocycles. The summed E-state index contributed by atoms with van der Waals surface area (Å²) in [4.78, 5) is 25.8. The molecule has 0 saturated heterocycles. The van der Waals surface area contributed by atoms with Crippen molar-refractivity contribution in [2.45, 2.75) is 56.9 Å². The largest absolute Gasteiger partial charge is 0.494 e. The Morgan fingerprint density at radius 3 is 2.02 bits per heavy atom. The van der Waals surface area contributed by atoms with Crippen LogP contribution in [0.25, 0.3) is 11.1 Å². The molecule has 1 saturated carbocycles. The Bertz CT molecular complexity index is 1710. The van der Waals surface area contributed by atoms with Crippen LogP contribution in [0.1, 0.15) is 69.5 Å². The van der Waals surface area contributed by atoms with Gasteiger partial charge in [0.2, 0.25) is 0 Å². The first-order chi connectivity index (χ1) is 21.2. The molecule has 7 nitrogen and oxygen atoms in total. The second kappa shape index (κ2) is 14.0. The number of ether oxygens (including phenoxy) is 1. The summed E-state index contributed by atoms with van der Waals surface area (Å²) < 4.78 is 35.4. The Kier molecular flexibility index (Phi) is 9.92. The van der Waals surface area contributed by atoms with Crippen LogP contribution in [0, 0.1) is 13.8 Å². The van der Waals surface area contributed by atoms with Gasteiger partial charge in [0.05, 0.1) is 18.1 Å². The molecule has 1 amide bonds. The van der Waals surface area contributed by atoms with Gasteiger partial charge in [0.1, 0.15) is 5.75 Å². The highest BCUT2D eigenvalue weighted by atomic mass is 32.2. The monoisotopic (exact) mass is 611 g/mol. The smallest absolute Gasteiger partial charge is 0.296 e. The second-order valence-electron chi connectivity index (χ2n) is 11.2. The van der Waals surface area contributed by atoms with Crippen LogP contribution >= 0.6 is 0 Å². The van der Waals surface area contributed by atoms with Crippen LogP contribution in [0.5, 0.6) is 5.75 Å². The summed E-state index contributed by atoms with van der Waals surface area (Å²) in [5, 5.41) is 3.03. The summed E-state index contributed by atoms with van der Waals surface area (Å²) in [6, 6.07) is 27.1. The highest BCUT2D eigenvalue weighted by Gasteiger charge is 2.24. The average molecular weight is 612 g/mol. The Morgan fingerprint density at radius 2 is 1.36 bits per heavy atom. The summed E-state index contributed by atoms with van der Waals surface area (Å²) in [5.74, 6) is 0.527. The SMILES string of the molecule is Cc1ccc(S(=O)(=O)OCCCCCOc2ccc(C(=O)c3ccc(-c4cc(C(=O)NC5CC5)ccc4C)cc3)cc2)cc1. The van der Waals surface area contributed by atoms with Gasteiger partial charge in [-0.2, -0.15) is 8.42 Å². The average Bonchev–Trinajstić information content (AvgIpc) is 3.85. The minimum Gasteiger partial charge on any atom is -0.494 e. The van der Waals surface area contributed by atoms with E-state index >= 15 is 0 Å². The molecule has 4 aromatic rings. The predicted octanol–water partition coefficient (Wildman–Crippen LogP) is 7.05. The maximum absolute atomic E-state index is 13.1. The quantitative estimate of drug-likeness (QED) is 0.0932. The van der Waals surface area contributed by atoms with Gasteiger partial charge in [0.15, 0.2) is 5.78 Å². The van der Waals surface area contributed by atoms with Gasteiger partial charge in [-0.3, -0.25) is 13.8 Å². The molecule has 0 aliphatic heterocycles. The number of carbonyl (C=O) groups excluding carboxylic acids is 2. The zero-order valence-corrected chi connectivity index (χ0v) is 25.9. The number of aryl methyl sites for hydroxylation is 2. The molecule has 0 bridgehead atoms. The molecule has 0 atom stereocenters. The number of unbranched alkanes of at least 4 members (excludes halogenated alkanes) is 2. The molecule has 5 rings (SSSR count). The lowest BCUT2D eigenvalue weighted by atomic mass is 9.95. The second-order valence-corrected chi connectivity index (χ2v) is 12.8. The minimum absolute atomic E-state index is 0.0511. The van der Waals surface area contributed by atoms with E-state index in [9.17, 15) is 18.0 Å². The lowest BCUT2D eigenvalue weighted by Crippen LogP contribution is -2.25.